The van der Waals surface area contributed by atoms with E-state index in [1.54, 1.807) is 0 Å². The van der Waals surface area contributed by atoms with Gasteiger partial charge >= 0.3 is 5.97 Å². The highest BCUT2D eigenvalue weighted by atomic mass is 16.8. The predicted molar refractivity (Wildman–Crippen MR) is 260 cm³/mol. The number of benzene rings is 1. The molecule has 0 spiro atoms. The molecule has 21 heterocycles. The maximum absolute atomic E-state index is 13.2. The van der Waals surface area contributed by atoms with E-state index >= 15 is 0 Å². The van der Waals surface area contributed by atoms with Gasteiger partial charge in [0.15, 0.2) is 44.0 Å². The van der Waals surface area contributed by atoms with Crippen LogP contribution in [0.1, 0.15) is 10.4 Å². The van der Waals surface area contributed by atoms with E-state index in [1.807, 2.05) is 0 Å². The van der Waals surface area contributed by atoms with Crippen LogP contribution in [-0.4, -0.2) is 374 Å². The van der Waals surface area contributed by atoms with E-state index in [2.05, 4.69) is 0 Å². The Morgan fingerprint density at radius 2 is 0.477 bits per heavy atom. The number of hydrogen-bond donors (Lipinski definition) is 21. The molecule has 37 heteroatoms. The lowest BCUT2D eigenvalue weighted by Gasteiger charge is -2.50. The minimum atomic E-state index is -2.30. The number of carbonyl (C=O) groups is 1. The molecule has 21 fully saturated rings. The molecule has 1 aromatic carbocycles. The second-order valence-corrected chi connectivity index (χ2v) is 21.6. The highest BCUT2D eigenvalue weighted by Gasteiger charge is 2.60. The minimum Gasteiger partial charge on any atom is -0.508 e. The Balaban J connectivity index is 1.02. The lowest BCUT2D eigenvalue weighted by atomic mass is 9.95. The fraction of sp³-hybridized carbons (Fsp3) is 0.857. The predicted octanol–water partition coefficient (Wildman–Crippen LogP) is -13.7. The summed E-state index contributed by atoms with van der Waals surface area (Å²) in [4.78, 5) is 13.2. The molecule has 0 aliphatic carbocycles. The molecule has 22 rings (SSSR count). The molecule has 21 aliphatic heterocycles. The summed E-state index contributed by atoms with van der Waals surface area (Å²) in [5.41, 5.74) is -0.131. The molecule has 0 amide bonds. The van der Waals surface area contributed by atoms with Crippen molar-refractivity contribution >= 4 is 5.97 Å². The monoisotopic (exact) mass is 1250 g/mol. The zero-order valence-electron chi connectivity index (χ0n) is 44.9. The average molecular weight is 1260 g/mol. The smallest absolute Gasteiger partial charge is 0.338 e. The number of ether oxygens (including phenoxy) is 15. The molecule has 0 radical (unpaired) electrons. The first-order valence-corrected chi connectivity index (χ1v) is 27.3. The van der Waals surface area contributed by atoms with Crippen molar-refractivity contribution in [3.05, 3.63) is 29.8 Å². The molecular weight excluding hydrogens is 1180 g/mol. The van der Waals surface area contributed by atoms with Gasteiger partial charge in [0.2, 0.25) is 0 Å². The molecule has 37 nitrogen and oxygen atoms in total. The van der Waals surface area contributed by atoms with Gasteiger partial charge in [0.05, 0.1) is 45.2 Å². The fourth-order valence-corrected chi connectivity index (χ4v) is 11.2. The number of carbonyl (C=O) groups excluding carboxylic acids is 1. The lowest BCUT2D eigenvalue weighted by molar-refractivity contribution is -0.396. The molecule has 21 N–H and O–H groups in total. The number of phenolic OH excluding ortho intramolecular Hbond substituents is 1. The largest absolute Gasteiger partial charge is 0.508 e. The Morgan fingerprint density at radius 1 is 0.291 bits per heavy atom. The van der Waals surface area contributed by atoms with Crippen LogP contribution < -0.4 is 0 Å². The van der Waals surface area contributed by atoms with Gasteiger partial charge in [0, 0.05) is 0 Å². The van der Waals surface area contributed by atoms with Gasteiger partial charge in [-0.1, -0.05) is 0 Å². The van der Waals surface area contributed by atoms with Gasteiger partial charge < -0.3 is 178 Å². The van der Waals surface area contributed by atoms with Gasteiger partial charge in [0.25, 0.3) is 0 Å². The maximum Gasteiger partial charge on any atom is 0.338 e. The second kappa shape index (κ2) is 28.7. The third-order valence-corrected chi connectivity index (χ3v) is 16.1. The van der Waals surface area contributed by atoms with Crippen LogP contribution in [0.2, 0.25) is 0 Å². The van der Waals surface area contributed by atoms with Crippen molar-refractivity contribution in [3.8, 4) is 5.75 Å². The summed E-state index contributed by atoms with van der Waals surface area (Å²) in [7, 11) is 0. The number of aromatic hydroxyl groups is 1. The van der Waals surface area contributed by atoms with Gasteiger partial charge in [-0.3, -0.25) is 0 Å². The van der Waals surface area contributed by atoms with Crippen LogP contribution in [0.4, 0.5) is 0 Å². The highest BCUT2D eigenvalue weighted by Crippen LogP contribution is 2.39. The molecule has 35 atom stereocenters. The third-order valence-electron chi connectivity index (χ3n) is 16.1. The van der Waals surface area contributed by atoms with Crippen molar-refractivity contribution in [1.29, 1.82) is 0 Å². The fourth-order valence-electron chi connectivity index (χ4n) is 11.2. The molecule has 21 aliphatic rings. The van der Waals surface area contributed by atoms with Gasteiger partial charge in [-0.25, -0.2) is 4.79 Å². The zero-order chi connectivity index (χ0) is 62.3. The Hall–Kier alpha value is -2.87. The molecule has 1 aromatic rings. The van der Waals surface area contributed by atoms with Gasteiger partial charge in [-0.15, -0.1) is 0 Å². The van der Waals surface area contributed by atoms with E-state index in [4.69, 9.17) is 71.1 Å². The number of aliphatic hydroxyl groups is 20. The van der Waals surface area contributed by atoms with Gasteiger partial charge in [-0.05, 0) is 24.3 Å². The molecule has 14 bridgehead atoms. The average Bonchev–Trinajstić information content (AvgIpc) is 1.10. The number of aliphatic hydroxyl groups excluding tert-OH is 20. The maximum atomic E-state index is 13.2. The summed E-state index contributed by atoms with van der Waals surface area (Å²) in [6, 6.07) is 4.64. The Bertz CT molecular complexity index is 2280. The number of rotatable bonds is 9. The molecular formula is C49H74O37. The van der Waals surface area contributed by atoms with Crippen LogP contribution in [0.25, 0.3) is 0 Å². The van der Waals surface area contributed by atoms with Crippen molar-refractivity contribution in [3.63, 3.8) is 0 Å². The van der Waals surface area contributed by atoms with Gasteiger partial charge in [-0.2, -0.15) is 0 Å². The standard InChI is InChI=1S/C49H74O37/c50-5-14-35-22(58)29(65)44(74-14)82-37-16(7-52)76-46(31(67)24(37)60)84-39-18(9-54)78-48(33(69)26(39)62)86-41-20(11-72-42(71)12-1-3-13(56)4-2-12)79-49(34(70)27(41)63)85-40-19(10-55)77-47(32(68)25(40)61)83-38-17(8-53)75-45(30(66)23(38)59)81-36-15(6-51)73-43(80-35)28(64)21(36)57/h1-4,14-41,43-70H,5-11H2. The van der Waals surface area contributed by atoms with Crippen LogP contribution in [-0.2, 0) is 71.1 Å². The summed E-state index contributed by atoms with van der Waals surface area (Å²) in [6.45, 7) is -7.41. The zero-order valence-corrected chi connectivity index (χ0v) is 44.9. The molecule has 492 valence electrons. The van der Waals surface area contributed by atoms with Gasteiger partial charge in [0.1, 0.15) is 183 Å². The molecule has 21 saturated heterocycles. The van der Waals surface area contributed by atoms with E-state index in [1.165, 1.54) is 12.1 Å². The lowest BCUT2D eigenvalue weighted by Crippen LogP contribution is -2.68. The number of phenols is 1. The number of esters is 1. The molecule has 86 heavy (non-hydrogen) atoms. The van der Waals surface area contributed by atoms with Crippen LogP contribution in [0.3, 0.4) is 0 Å². The molecule has 35 unspecified atom stereocenters. The second-order valence-electron chi connectivity index (χ2n) is 21.6. The summed E-state index contributed by atoms with van der Waals surface area (Å²) in [5.74, 6) is -1.29. The topological polar surface area (TPSA) is 580 Å². The summed E-state index contributed by atoms with van der Waals surface area (Å²) in [5, 5.41) is 233. The highest BCUT2D eigenvalue weighted by molar-refractivity contribution is 5.89. The van der Waals surface area contributed by atoms with Crippen molar-refractivity contribution < 1.29 is 183 Å². The van der Waals surface area contributed by atoms with Crippen molar-refractivity contribution in [1.82, 2.24) is 0 Å². The third kappa shape index (κ3) is 13.5. The molecule has 0 saturated carbocycles. The Morgan fingerprint density at radius 3 is 0.674 bits per heavy atom. The van der Waals surface area contributed by atoms with Crippen LogP contribution in [0.15, 0.2) is 24.3 Å². The van der Waals surface area contributed by atoms with Crippen molar-refractivity contribution in [2.75, 3.05) is 46.2 Å². The van der Waals surface area contributed by atoms with E-state index in [0.29, 0.717) is 0 Å². The molecule has 0 aromatic heterocycles. The summed E-state index contributed by atoms with van der Waals surface area (Å²) >= 11 is 0. The van der Waals surface area contributed by atoms with E-state index in [-0.39, 0.29) is 11.3 Å². The SMILES string of the molecule is O=C(OCC1OC2OC3C(CO)OC(OC4C(CO)OC(OC5C(CO)OC(OC6C(CO)OC(OC7C(CO)OC(OC8C(CO)OC(OC1C(O)C2O)C(O)C8O)C(O)C7O)C(O)C6O)C(O)C5O)C(O)C4O)C(O)C3O)c1ccc(O)cc1. The van der Waals surface area contributed by atoms with E-state index < -0.39 is 267 Å². The van der Waals surface area contributed by atoms with Crippen molar-refractivity contribution in [2.24, 2.45) is 0 Å². The first-order valence-electron chi connectivity index (χ1n) is 27.3. The van der Waals surface area contributed by atoms with Crippen LogP contribution in [0, 0.1) is 0 Å². The summed E-state index contributed by atoms with van der Waals surface area (Å²) < 4.78 is 86.0. The van der Waals surface area contributed by atoms with Crippen LogP contribution in [0.5, 0.6) is 5.75 Å². The minimum absolute atomic E-state index is 0.131. The Labute approximate surface area is 485 Å². The quantitative estimate of drug-likeness (QED) is 0.102. The number of hydrogen-bond acceptors (Lipinski definition) is 37. The van der Waals surface area contributed by atoms with E-state index in [0.717, 1.165) is 12.1 Å². The van der Waals surface area contributed by atoms with Crippen molar-refractivity contribution in [2.45, 2.75) is 215 Å². The normalized spacial score (nSPS) is 50.7. The first kappa shape index (κ1) is 67.5. The first-order chi connectivity index (χ1) is 41.0. The van der Waals surface area contributed by atoms with E-state index in [9.17, 15) is 112 Å². The Kier molecular flexibility index (Phi) is 22.6. The summed E-state index contributed by atoms with van der Waals surface area (Å²) in [6.07, 6.45) is -72.1. The van der Waals surface area contributed by atoms with Crippen LogP contribution >= 0.6 is 0 Å².